The highest BCUT2D eigenvalue weighted by Crippen LogP contribution is 2.21. The first-order chi connectivity index (χ1) is 10.5. The molecule has 0 bridgehead atoms. The van der Waals surface area contributed by atoms with E-state index in [1.807, 2.05) is 24.6 Å². The number of carbonyl (C=O) groups excluding carboxylic acids is 1. The highest BCUT2D eigenvalue weighted by molar-refractivity contribution is 5.89. The second kappa shape index (κ2) is 7.15. The van der Waals surface area contributed by atoms with Crippen molar-refractivity contribution in [1.29, 1.82) is 0 Å². The maximum atomic E-state index is 12.1. The molecule has 1 N–H and O–H groups in total. The van der Waals surface area contributed by atoms with Crippen molar-refractivity contribution in [2.75, 3.05) is 5.32 Å². The lowest BCUT2D eigenvalue weighted by atomic mass is 10.2. The van der Waals surface area contributed by atoms with E-state index in [2.05, 4.69) is 39.8 Å². The van der Waals surface area contributed by atoms with Gasteiger partial charge in [0.25, 0.3) is 0 Å². The lowest BCUT2D eigenvalue weighted by Crippen LogP contribution is -2.20. The van der Waals surface area contributed by atoms with Crippen LogP contribution in [0.5, 0.6) is 0 Å². The van der Waals surface area contributed by atoms with Gasteiger partial charge in [0.1, 0.15) is 11.6 Å². The van der Waals surface area contributed by atoms with Crippen LogP contribution in [0.15, 0.2) is 6.07 Å². The number of tetrazole rings is 1. The SMILES string of the molecule is CCC(CC)n1nc(C)cc1NC(=O)CCn1nnnc1C. The van der Waals surface area contributed by atoms with Crippen LogP contribution >= 0.6 is 0 Å². The van der Waals surface area contributed by atoms with Crippen molar-refractivity contribution in [3.63, 3.8) is 0 Å². The van der Waals surface area contributed by atoms with Gasteiger partial charge < -0.3 is 5.32 Å². The molecule has 0 saturated heterocycles. The van der Waals surface area contributed by atoms with Crippen molar-refractivity contribution in [3.05, 3.63) is 17.6 Å². The Morgan fingerprint density at radius 3 is 2.64 bits per heavy atom. The molecule has 1 amide bonds. The molecule has 8 nitrogen and oxygen atoms in total. The summed E-state index contributed by atoms with van der Waals surface area (Å²) in [7, 11) is 0. The standard InChI is InChI=1S/C14H23N7O/c1-5-12(6-2)21-13(9-10(3)17-21)15-14(22)7-8-20-11(4)16-18-19-20/h9,12H,5-8H2,1-4H3,(H,15,22). The van der Waals surface area contributed by atoms with Gasteiger partial charge in [-0.15, -0.1) is 5.10 Å². The third-order valence-electron chi connectivity index (χ3n) is 3.68. The van der Waals surface area contributed by atoms with Crippen molar-refractivity contribution in [1.82, 2.24) is 30.0 Å². The molecule has 0 aromatic carbocycles. The fraction of sp³-hybridized carbons (Fsp3) is 0.643. The number of nitrogens with one attached hydrogen (secondary N) is 1. The van der Waals surface area contributed by atoms with E-state index in [-0.39, 0.29) is 5.91 Å². The summed E-state index contributed by atoms with van der Waals surface area (Å²) in [6.45, 7) is 8.44. The first-order valence-corrected chi connectivity index (χ1v) is 7.63. The molecule has 22 heavy (non-hydrogen) atoms. The minimum atomic E-state index is -0.0676. The molecule has 120 valence electrons. The van der Waals surface area contributed by atoms with Gasteiger partial charge in [0.15, 0.2) is 0 Å². The second-order valence-corrected chi connectivity index (χ2v) is 5.33. The topological polar surface area (TPSA) is 90.5 Å². The summed E-state index contributed by atoms with van der Waals surface area (Å²) in [5.74, 6) is 1.39. The molecule has 0 aliphatic carbocycles. The minimum absolute atomic E-state index is 0.0676. The van der Waals surface area contributed by atoms with E-state index >= 15 is 0 Å². The number of anilines is 1. The number of nitrogens with zero attached hydrogens (tertiary/aromatic N) is 6. The molecule has 0 unspecified atom stereocenters. The lowest BCUT2D eigenvalue weighted by Gasteiger charge is -2.17. The number of hydrogen-bond donors (Lipinski definition) is 1. The van der Waals surface area contributed by atoms with Crippen LogP contribution in [0, 0.1) is 13.8 Å². The second-order valence-electron chi connectivity index (χ2n) is 5.33. The number of carbonyl (C=O) groups is 1. The predicted octanol–water partition coefficient (Wildman–Crippen LogP) is 1.88. The number of aryl methyl sites for hydroxylation is 3. The van der Waals surface area contributed by atoms with Gasteiger partial charge in [-0.25, -0.2) is 9.36 Å². The third-order valence-corrected chi connectivity index (χ3v) is 3.68. The Kier molecular flexibility index (Phi) is 5.24. The maximum absolute atomic E-state index is 12.1. The highest BCUT2D eigenvalue weighted by atomic mass is 16.1. The Hall–Kier alpha value is -2.25. The summed E-state index contributed by atoms with van der Waals surface area (Å²) in [4.78, 5) is 12.1. The molecule has 0 radical (unpaired) electrons. The van der Waals surface area contributed by atoms with Crippen molar-refractivity contribution < 1.29 is 4.79 Å². The van der Waals surface area contributed by atoms with Crippen LogP contribution in [0.3, 0.4) is 0 Å². The molecule has 0 fully saturated rings. The van der Waals surface area contributed by atoms with Crippen LogP contribution in [-0.2, 0) is 11.3 Å². The van der Waals surface area contributed by atoms with Crippen LogP contribution in [0.1, 0.15) is 50.7 Å². The summed E-state index contributed by atoms with van der Waals surface area (Å²) in [6.07, 6.45) is 2.27. The lowest BCUT2D eigenvalue weighted by molar-refractivity contribution is -0.116. The fourth-order valence-electron chi connectivity index (χ4n) is 2.39. The van der Waals surface area contributed by atoms with Gasteiger partial charge in [-0.1, -0.05) is 13.8 Å². The zero-order valence-electron chi connectivity index (χ0n) is 13.6. The summed E-state index contributed by atoms with van der Waals surface area (Å²) in [5, 5.41) is 18.6. The van der Waals surface area contributed by atoms with E-state index in [1.54, 1.807) is 4.68 Å². The maximum Gasteiger partial charge on any atom is 0.227 e. The summed E-state index contributed by atoms with van der Waals surface area (Å²) in [5.41, 5.74) is 0.901. The smallest absolute Gasteiger partial charge is 0.227 e. The van der Waals surface area contributed by atoms with E-state index in [9.17, 15) is 4.79 Å². The molecule has 0 spiro atoms. The fourth-order valence-corrected chi connectivity index (χ4v) is 2.39. The molecule has 0 saturated carbocycles. The van der Waals surface area contributed by atoms with Crippen molar-refractivity contribution in [2.24, 2.45) is 0 Å². The van der Waals surface area contributed by atoms with Gasteiger partial charge in [-0.05, 0) is 37.1 Å². The van der Waals surface area contributed by atoms with E-state index in [0.29, 0.717) is 24.8 Å². The third kappa shape index (κ3) is 3.69. The van der Waals surface area contributed by atoms with Gasteiger partial charge in [0.05, 0.1) is 18.3 Å². The van der Waals surface area contributed by atoms with Gasteiger partial charge in [0, 0.05) is 12.5 Å². The zero-order valence-corrected chi connectivity index (χ0v) is 13.6. The predicted molar refractivity (Wildman–Crippen MR) is 82.4 cm³/mol. The highest BCUT2D eigenvalue weighted by Gasteiger charge is 2.15. The van der Waals surface area contributed by atoms with E-state index in [0.717, 1.165) is 24.4 Å². The summed E-state index contributed by atoms with van der Waals surface area (Å²) < 4.78 is 3.53. The largest absolute Gasteiger partial charge is 0.311 e. The number of rotatable bonds is 7. The molecular weight excluding hydrogens is 282 g/mol. The molecule has 0 aliphatic heterocycles. The average molecular weight is 305 g/mol. The Morgan fingerprint density at radius 1 is 1.32 bits per heavy atom. The number of hydrogen-bond acceptors (Lipinski definition) is 5. The molecule has 2 aromatic heterocycles. The molecule has 2 heterocycles. The van der Waals surface area contributed by atoms with E-state index in [4.69, 9.17) is 0 Å². The monoisotopic (exact) mass is 305 g/mol. The van der Waals surface area contributed by atoms with Crippen LogP contribution < -0.4 is 5.32 Å². The molecule has 0 aliphatic rings. The summed E-state index contributed by atoms with van der Waals surface area (Å²) in [6, 6.07) is 2.20. The Bertz CT molecular complexity index is 627. The molecule has 0 atom stereocenters. The number of amides is 1. The van der Waals surface area contributed by atoms with Gasteiger partial charge >= 0.3 is 0 Å². The average Bonchev–Trinajstić information content (AvgIpc) is 3.05. The Balaban J connectivity index is 2.01. The van der Waals surface area contributed by atoms with Crippen LogP contribution in [0.25, 0.3) is 0 Å². The van der Waals surface area contributed by atoms with Crippen LogP contribution in [-0.4, -0.2) is 35.9 Å². The Labute approximate surface area is 129 Å². The minimum Gasteiger partial charge on any atom is -0.311 e. The number of aromatic nitrogens is 6. The van der Waals surface area contributed by atoms with Crippen molar-refractivity contribution >= 4 is 11.7 Å². The van der Waals surface area contributed by atoms with E-state index < -0.39 is 0 Å². The molecular formula is C14H23N7O. The first kappa shape index (κ1) is 16.1. The van der Waals surface area contributed by atoms with Crippen molar-refractivity contribution in [2.45, 2.75) is 59.5 Å². The Morgan fingerprint density at radius 2 is 2.05 bits per heavy atom. The van der Waals surface area contributed by atoms with Crippen LogP contribution in [0.4, 0.5) is 5.82 Å². The quantitative estimate of drug-likeness (QED) is 0.843. The first-order valence-electron chi connectivity index (χ1n) is 7.63. The molecule has 2 rings (SSSR count). The van der Waals surface area contributed by atoms with E-state index in [1.165, 1.54) is 0 Å². The zero-order chi connectivity index (χ0) is 16.1. The van der Waals surface area contributed by atoms with Gasteiger partial charge in [-0.3, -0.25) is 4.79 Å². The summed E-state index contributed by atoms with van der Waals surface area (Å²) >= 11 is 0. The van der Waals surface area contributed by atoms with Crippen molar-refractivity contribution in [3.8, 4) is 0 Å². The molecule has 2 aromatic rings. The molecule has 8 heteroatoms. The van der Waals surface area contributed by atoms with Gasteiger partial charge in [-0.2, -0.15) is 5.10 Å². The normalized spacial score (nSPS) is 11.1. The van der Waals surface area contributed by atoms with Crippen LogP contribution in [0.2, 0.25) is 0 Å². The van der Waals surface area contributed by atoms with Gasteiger partial charge in [0.2, 0.25) is 5.91 Å².